The molecule has 6 nitrogen and oxygen atoms in total. The van der Waals surface area contributed by atoms with Gasteiger partial charge in [0.1, 0.15) is 0 Å². The Morgan fingerprint density at radius 3 is 1.17 bits per heavy atom. The second kappa shape index (κ2) is 15.6. The van der Waals surface area contributed by atoms with Crippen LogP contribution in [0.5, 0.6) is 0 Å². The normalized spacial score (nSPS) is 11.8. The van der Waals surface area contributed by atoms with Crippen molar-refractivity contribution in [3.63, 3.8) is 0 Å². The average Bonchev–Trinajstić information content (AvgIpc) is 4.06. The van der Waals surface area contributed by atoms with Gasteiger partial charge in [-0.25, -0.2) is 15.0 Å². The summed E-state index contributed by atoms with van der Waals surface area (Å²) in [6, 6.07) is 86.4. The van der Waals surface area contributed by atoms with E-state index in [4.69, 9.17) is 15.0 Å². The molecule has 10 aromatic carbocycles. The summed E-state index contributed by atoms with van der Waals surface area (Å²) in [4.78, 5) is 15.9. The van der Waals surface area contributed by atoms with E-state index in [1.165, 1.54) is 43.5 Å². The van der Waals surface area contributed by atoms with Crippen molar-refractivity contribution in [2.45, 2.75) is 0 Å². The zero-order chi connectivity index (χ0) is 45.4. The molecule has 0 amide bonds. The van der Waals surface area contributed by atoms with E-state index < -0.39 is 0 Å². The smallest absolute Gasteiger partial charge is 0.166 e. The third kappa shape index (κ3) is 6.23. The van der Waals surface area contributed by atoms with Crippen molar-refractivity contribution in [1.29, 1.82) is 0 Å². The minimum absolute atomic E-state index is 0.587. The zero-order valence-electron chi connectivity index (χ0n) is 37.3. The number of fused-ring (bicyclic) bond motifs is 9. The number of aromatic nitrogens is 6. The van der Waals surface area contributed by atoms with Gasteiger partial charge < -0.3 is 13.7 Å². The van der Waals surface area contributed by atoms with Gasteiger partial charge in [-0.15, -0.1) is 0 Å². The molecule has 0 unspecified atom stereocenters. The summed E-state index contributed by atoms with van der Waals surface area (Å²) in [5.74, 6) is 1.81. The average molecular weight is 881 g/mol. The third-order valence-corrected chi connectivity index (χ3v) is 13.7. The molecule has 0 atom stereocenters. The number of para-hydroxylation sites is 5. The molecule has 0 aliphatic heterocycles. The van der Waals surface area contributed by atoms with Gasteiger partial charge in [0.15, 0.2) is 17.5 Å². The van der Waals surface area contributed by atoms with E-state index in [1.807, 2.05) is 36.4 Å². The Balaban J connectivity index is 1.06. The maximum absolute atomic E-state index is 5.38. The fourth-order valence-corrected chi connectivity index (χ4v) is 10.6. The molecule has 0 radical (unpaired) electrons. The lowest BCUT2D eigenvalue weighted by molar-refractivity contribution is 1.06. The van der Waals surface area contributed by atoms with Crippen LogP contribution in [0.25, 0.3) is 128 Å². The summed E-state index contributed by atoms with van der Waals surface area (Å²) in [6.07, 6.45) is 0. The number of rotatable bonds is 7. The van der Waals surface area contributed by atoms with Crippen LogP contribution in [0.4, 0.5) is 0 Å². The highest BCUT2D eigenvalue weighted by atomic mass is 15.1. The monoisotopic (exact) mass is 880 g/mol. The molecule has 4 heterocycles. The molecule has 69 heavy (non-hydrogen) atoms. The highest BCUT2D eigenvalue weighted by Gasteiger charge is 2.22. The lowest BCUT2D eigenvalue weighted by Gasteiger charge is -2.17. The molecule has 0 spiro atoms. The molecule has 4 aromatic heterocycles. The molecule has 0 fully saturated rings. The first-order valence-electron chi connectivity index (χ1n) is 23.4. The number of nitrogens with zero attached hydrogens (tertiary/aromatic N) is 6. The van der Waals surface area contributed by atoms with Crippen molar-refractivity contribution < 1.29 is 0 Å². The van der Waals surface area contributed by atoms with E-state index in [-0.39, 0.29) is 0 Å². The largest absolute Gasteiger partial charge is 0.309 e. The molecular weight excluding hydrogens is 841 g/mol. The van der Waals surface area contributed by atoms with Gasteiger partial charge >= 0.3 is 0 Å². The van der Waals surface area contributed by atoms with E-state index in [0.717, 1.165) is 66.8 Å². The number of hydrogen-bond acceptors (Lipinski definition) is 3. The van der Waals surface area contributed by atoms with Gasteiger partial charge in [0.2, 0.25) is 0 Å². The highest BCUT2D eigenvalue weighted by molar-refractivity contribution is 6.13. The summed E-state index contributed by atoms with van der Waals surface area (Å²) in [6.45, 7) is 0. The second-order valence-electron chi connectivity index (χ2n) is 17.6. The molecule has 14 aromatic rings. The summed E-state index contributed by atoms with van der Waals surface area (Å²) in [5.41, 5.74) is 14.9. The maximum atomic E-state index is 5.38. The molecule has 322 valence electrons. The molecule has 14 rings (SSSR count). The van der Waals surface area contributed by atoms with E-state index >= 15 is 0 Å². The van der Waals surface area contributed by atoms with Gasteiger partial charge in [0, 0.05) is 60.4 Å². The first-order valence-corrected chi connectivity index (χ1v) is 23.4. The number of hydrogen-bond donors (Lipinski definition) is 0. The van der Waals surface area contributed by atoms with Gasteiger partial charge in [-0.3, -0.25) is 0 Å². The molecule has 0 aliphatic rings. The standard InChI is InChI=1S/C63H40N6/c1-4-18-41(19-5-1)61-64-62(42-20-6-2-7-21-42)66-63(65-61)53-38-43(44-32-35-51-49-26-12-14-28-54(49)67(59(51)39-44)45-22-8-3-9-23-45)33-37-58(53)69-57-31-17-13-27-50(57)52-36-34-46(40-60(52)69)68-55-29-15-10-24-47(55)48-25-11-16-30-56(48)68/h1-40H. The Hall–Kier alpha value is -9.39. The van der Waals surface area contributed by atoms with Crippen molar-refractivity contribution in [2.24, 2.45) is 0 Å². The minimum atomic E-state index is 0.587. The molecule has 0 saturated carbocycles. The van der Waals surface area contributed by atoms with E-state index in [1.54, 1.807) is 0 Å². The lowest BCUT2D eigenvalue weighted by Crippen LogP contribution is -2.04. The fourth-order valence-electron chi connectivity index (χ4n) is 10.6. The predicted octanol–water partition coefficient (Wildman–Crippen LogP) is 15.8. The fraction of sp³-hybridized carbons (Fsp3) is 0. The summed E-state index contributed by atoms with van der Waals surface area (Å²) in [5, 5.41) is 7.21. The second-order valence-corrected chi connectivity index (χ2v) is 17.6. The van der Waals surface area contributed by atoms with Crippen molar-refractivity contribution in [3.8, 4) is 62.4 Å². The Kier molecular flexibility index (Phi) is 8.79. The van der Waals surface area contributed by atoms with Crippen LogP contribution in [0.3, 0.4) is 0 Å². The van der Waals surface area contributed by atoms with Crippen molar-refractivity contribution in [2.75, 3.05) is 0 Å². The van der Waals surface area contributed by atoms with Crippen LogP contribution in [-0.4, -0.2) is 28.7 Å². The summed E-state index contributed by atoms with van der Waals surface area (Å²) >= 11 is 0. The van der Waals surface area contributed by atoms with Crippen molar-refractivity contribution >= 4 is 65.4 Å². The molecule has 0 bridgehead atoms. The predicted molar refractivity (Wildman–Crippen MR) is 285 cm³/mol. The Bertz CT molecular complexity index is 4190. The van der Waals surface area contributed by atoms with Gasteiger partial charge in [0.25, 0.3) is 0 Å². The molecule has 6 heteroatoms. The zero-order valence-corrected chi connectivity index (χ0v) is 37.3. The van der Waals surface area contributed by atoms with Crippen molar-refractivity contribution in [1.82, 2.24) is 28.7 Å². The maximum Gasteiger partial charge on any atom is 0.166 e. The highest BCUT2D eigenvalue weighted by Crippen LogP contribution is 2.42. The quantitative estimate of drug-likeness (QED) is 0.160. The first-order chi connectivity index (χ1) is 34.2. The van der Waals surface area contributed by atoms with E-state index in [0.29, 0.717) is 17.5 Å². The SMILES string of the molecule is c1ccc(-c2nc(-c3ccccc3)nc(-c3cc(-c4ccc5c6ccccc6n(-c6ccccc6)c5c4)ccc3-n3c4ccccc4c4ccc(-n5c6ccccc6c6ccccc65)cc43)n2)cc1. The van der Waals surface area contributed by atoms with Crippen molar-refractivity contribution in [3.05, 3.63) is 243 Å². The Morgan fingerprint density at radius 2 is 0.623 bits per heavy atom. The lowest BCUT2D eigenvalue weighted by atomic mass is 9.99. The van der Waals surface area contributed by atoms with Crippen LogP contribution in [0, 0.1) is 0 Å². The van der Waals surface area contributed by atoms with Crippen LogP contribution < -0.4 is 0 Å². The first kappa shape index (κ1) is 38.8. The van der Waals surface area contributed by atoms with Gasteiger partial charge in [-0.2, -0.15) is 0 Å². The number of benzene rings is 10. The third-order valence-electron chi connectivity index (χ3n) is 13.7. The van der Waals surface area contributed by atoms with Gasteiger partial charge in [0.05, 0.1) is 38.8 Å². The van der Waals surface area contributed by atoms with Crippen LogP contribution in [0.1, 0.15) is 0 Å². The summed E-state index contributed by atoms with van der Waals surface area (Å²) in [7, 11) is 0. The molecule has 0 N–H and O–H groups in total. The van der Waals surface area contributed by atoms with Crippen LogP contribution in [-0.2, 0) is 0 Å². The summed E-state index contributed by atoms with van der Waals surface area (Å²) < 4.78 is 7.18. The van der Waals surface area contributed by atoms with Crippen LogP contribution in [0.15, 0.2) is 243 Å². The van der Waals surface area contributed by atoms with Gasteiger partial charge in [-0.05, 0) is 77.9 Å². The van der Waals surface area contributed by atoms with E-state index in [2.05, 4.69) is 220 Å². The topological polar surface area (TPSA) is 53.5 Å². The van der Waals surface area contributed by atoms with Gasteiger partial charge in [-0.1, -0.05) is 176 Å². The Labute approximate surface area is 397 Å². The minimum Gasteiger partial charge on any atom is -0.309 e. The molecular formula is C63H40N6. The molecule has 0 saturated heterocycles. The Morgan fingerprint density at radius 1 is 0.232 bits per heavy atom. The van der Waals surface area contributed by atoms with Crippen LogP contribution in [0.2, 0.25) is 0 Å². The van der Waals surface area contributed by atoms with Crippen LogP contribution >= 0.6 is 0 Å². The molecule has 0 aliphatic carbocycles. The van der Waals surface area contributed by atoms with E-state index in [9.17, 15) is 0 Å².